The molecule has 1 saturated carbocycles. The minimum Gasteiger partial charge on any atom is -0.454 e. The van der Waals surface area contributed by atoms with E-state index in [2.05, 4.69) is 16.0 Å². The predicted octanol–water partition coefficient (Wildman–Crippen LogP) is 0.509. The van der Waals surface area contributed by atoms with Crippen LogP contribution in [0.25, 0.3) is 0 Å². The summed E-state index contributed by atoms with van der Waals surface area (Å²) >= 11 is 0. The molecule has 1 saturated heterocycles. The third-order valence-corrected chi connectivity index (χ3v) is 4.91. The molecule has 0 spiro atoms. The summed E-state index contributed by atoms with van der Waals surface area (Å²) in [5, 5.41) is 7.48. The zero-order valence-corrected chi connectivity index (χ0v) is 16.3. The van der Waals surface area contributed by atoms with Gasteiger partial charge in [-0.3, -0.25) is 10.1 Å². The van der Waals surface area contributed by atoms with Gasteiger partial charge in [0.1, 0.15) is 6.04 Å². The molecule has 0 aromatic carbocycles. The first-order valence-corrected chi connectivity index (χ1v) is 9.81. The summed E-state index contributed by atoms with van der Waals surface area (Å²) < 4.78 is 9.78. The number of urea groups is 2. The standard InChI is InChI=1S/C18H30N4O6/c1-27-11-9-19-17(25)21-15(23)12-28-16(24)14-8-5-10-22(14)18(26)20-13-6-3-2-4-7-13/h13-14H,2-12H2,1H3,(H,20,26)(H2,19,21,23,25). The molecule has 1 aliphatic carbocycles. The molecule has 1 unspecified atom stereocenters. The van der Waals surface area contributed by atoms with E-state index in [1.165, 1.54) is 18.4 Å². The van der Waals surface area contributed by atoms with E-state index in [9.17, 15) is 19.2 Å². The van der Waals surface area contributed by atoms with Crippen molar-refractivity contribution in [1.82, 2.24) is 20.9 Å². The molecule has 1 atom stereocenters. The van der Waals surface area contributed by atoms with Crippen molar-refractivity contribution in [3.05, 3.63) is 0 Å². The molecule has 5 amide bonds. The van der Waals surface area contributed by atoms with Crippen LogP contribution >= 0.6 is 0 Å². The molecule has 10 nitrogen and oxygen atoms in total. The molecule has 2 fully saturated rings. The quantitative estimate of drug-likeness (QED) is 0.424. The van der Waals surface area contributed by atoms with Crippen LogP contribution in [0.1, 0.15) is 44.9 Å². The first-order valence-electron chi connectivity index (χ1n) is 9.81. The van der Waals surface area contributed by atoms with Crippen LogP contribution in [0.2, 0.25) is 0 Å². The Morgan fingerprint density at radius 1 is 1.04 bits per heavy atom. The van der Waals surface area contributed by atoms with Crippen LogP contribution in [0.15, 0.2) is 0 Å². The Balaban J connectivity index is 1.73. The maximum Gasteiger partial charge on any atom is 0.329 e. The third-order valence-electron chi connectivity index (χ3n) is 4.91. The monoisotopic (exact) mass is 398 g/mol. The first kappa shape index (κ1) is 21.9. The molecule has 1 heterocycles. The van der Waals surface area contributed by atoms with Crippen molar-refractivity contribution in [3.63, 3.8) is 0 Å². The van der Waals surface area contributed by atoms with Crippen molar-refractivity contribution in [2.75, 3.05) is 33.4 Å². The van der Waals surface area contributed by atoms with Crippen LogP contribution in [0, 0.1) is 0 Å². The second-order valence-electron chi connectivity index (χ2n) is 7.04. The summed E-state index contributed by atoms with van der Waals surface area (Å²) in [7, 11) is 1.49. The molecule has 2 rings (SSSR count). The van der Waals surface area contributed by atoms with E-state index in [0.717, 1.165) is 25.7 Å². The number of nitrogens with zero attached hydrogens (tertiary/aromatic N) is 1. The normalized spacial score (nSPS) is 19.8. The van der Waals surface area contributed by atoms with Gasteiger partial charge in [0.2, 0.25) is 0 Å². The lowest BCUT2D eigenvalue weighted by atomic mass is 9.96. The number of methoxy groups -OCH3 is 1. The molecule has 1 aliphatic heterocycles. The van der Waals surface area contributed by atoms with E-state index in [4.69, 9.17) is 9.47 Å². The number of amides is 5. The second kappa shape index (κ2) is 11.5. The second-order valence-corrected chi connectivity index (χ2v) is 7.04. The number of esters is 1. The largest absolute Gasteiger partial charge is 0.454 e. The molecular weight excluding hydrogens is 368 g/mol. The molecule has 28 heavy (non-hydrogen) atoms. The number of likely N-dealkylation sites (tertiary alicyclic amines) is 1. The summed E-state index contributed by atoms with van der Waals surface area (Å²) in [4.78, 5) is 49.5. The highest BCUT2D eigenvalue weighted by Gasteiger charge is 2.36. The molecule has 10 heteroatoms. The van der Waals surface area contributed by atoms with Crippen molar-refractivity contribution < 1.29 is 28.7 Å². The van der Waals surface area contributed by atoms with Gasteiger partial charge in [-0.1, -0.05) is 19.3 Å². The molecule has 3 N–H and O–H groups in total. The number of carbonyl (C=O) groups is 4. The Morgan fingerprint density at radius 3 is 2.50 bits per heavy atom. The van der Waals surface area contributed by atoms with E-state index >= 15 is 0 Å². The van der Waals surface area contributed by atoms with Gasteiger partial charge >= 0.3 is 18.0 Å². The topological polar surface area (TPSA) is 126 Å². The van der Waals surface area contributed by atoms with Crippen LogP contribution in [-0.4, -0.2) is 74.3 Å². The van der Waals surface area contributed by atoms with E-state index in [1.54, 1.807) is 0 Å². The number of nitrogens with one attached hydrogen (secondary N) is 3. The van der Waals surface area contributed by atoms with Crippen molar-refractivity contribution in [2.24, 2.45) is 0 Å². The van der Waals surface area contributed by atoms with Crippen molar-refractivity contribution in [1.29, 1.82) is 0 Å². The molecule has 2 aliphatic rings. The van der Waals surface area contributed by atoms with Crippen LogP contribution in [0.5, 0.6) is 0 Å². The lowest BCUT2D eigenvalue weighted by molar-refractivity contribution is -0.151. The predicted molar refractivity (Wildman–Crippen MR) is 99.5 cm³/mol. The number of imide groups is 1. The number of rotatable bonds is 7. The van der Waals surface area contributed by atoms with Crippen molar-refractivity contribution >= 4 is 23.9 Å². The van der Waals surface area contributed by atoms with Gasteiger partial charge in [-0.15, -0.1) is 0 Å². The fourth-order valence-electron chi connectivity index (χ4n) is 3.47. The van der Waals surface area contributed by atoms with Crippen molar-refractivity contribution in [2.45, 2.75) is 57.0 Å². The maximum absolute atomic E-state index is 12.5. The minimum atomic E-state index is -0.737. The summed E-state index contributed by atoms with van der Waals surface area (Å²) in [6.45, 7) is 0.469. The number of hydrogen-bond acceptors (Lipinski definition) is 6. The average Bonchev–Trinajstić information content (AvgIpc) is 3.17. The van der Waals surface area contributed by atoms with Gasteiger partial charge < -0.3 is 25.0 Å². The zero-order chi connectivity index (χ0) is 20.4. The van der Waals surface area contributed by atoms with Gasteiger partial charge in [0.15, 0.2) is 6.61 Å². The summed E-state index contributed by atoms with van der Waals surface area (Å²) in [6, 6.07) is -1.49. The highest BCUT2D eigenvalue weighted by molar-refractivity contribution is 5.95. The zero-order valence-electron chi connectivity index (χ0n) is 16.3. The Hall–Kier alpha value is -2.36. The molecular formula is C18H30N4O6. The highest BCUT2D eigenvalue weighted by atomic mass is 16.5. The van der Waals surface area contributed by atoms with E-state index in [-0.39, 0.29) is 18.6 Å². The van der Waals surface area contributed by atoms with Gasteiger partial charge in [0, 0.05) is 26.2 Å². The fourth-order valence-corrected chi connectivity index (χ4v) is 3.47. The van der Waals surface area contributed by atoms with E-state index < -0.39 is 30.6 Å². The number of carbonyl (C=O) groups excluding carboxylic acids is 4. The highest BCUT2D eigenvalue weighted by Crippen LogP contribution is 2.21. The summed E-state index contributed by atoms with van der Waals surface area (Å²) in [5.74, 6) is -1.37. The number of hydrogen-bond donors (Lipinski definition) is 3. The lowest BCUT2D eigenvalue weighted by Gasteiger charge is -2.28. The van der Waals surface area contributed by atoms with Crippen LogP contribution in [0.4, 0.5) is 9.59 Å². The molecule has 0 aromatic rings. The molecule has 0 aromatic heterocycles. The van der Waals surface area contributed by atoms with Gasteiger partial charge in [0.05, 0.1) is 6.61 Å². The molecule has 0 bridgehead atoms. The SMILES string of the molecule is COCCNC(=O)NC(=O)COC(=O)C1CCCN1C(=O)NC1CCCCC1. The van der Waals surface area contributed by atoms with Crippen LogP contribution < -0.4 is 16.0 Å². The van der Waals surface area contributed by atoms with E-state index in [1.807, 2.05) is 0 Å². The molecule has 158 valence electrons. The third kappa shape index (κ3) is 6.99. The van der Waals surface area contributed by atoms with Crippen LogP contribution in [0.3, 0.4) is 0 Å². The summed E-state index contributed by atoms with van der Waals surface area (Å²) in [5.41, 5.74) is 0. The number of ether oxygens (including phenoxy) is 2. The summed E-state index contributed by atoms with van der Waals surface area (Å²) in [6.07, 6.45) is 6.51. The minimum absolute atomic E-state index is 0.154. The Kier molecular flexibility index (Phi) is 8.99. The van der Waals surface area contributed by atoms with E-state index in [0.29, 0.717) is 26.0 Å². The smallest absolute Gasteiger partial charge is 0.329 e. The maximum atomic E-state index is 12.5. The Morgan fingerprint density at radius 2 is 1.79 bits per heavy atom. The van der Waals surface area contributed by atoms with Gasteiger partial charge in [-0.25, -0.2) is 14.4 Å². The van der Waals surface area contributed by atoms with Crippen LogP contribution in [-0.2, 0) is 19.1 Å². The Labute approximate surface area is 164 Å². The average molecular weight is 398 g/mol. The lowest BCUT2D eigenvalue weighted by Crippen LogP contribution is -2.50. The first-order chi connectivity index (χ1) is 13.5. The fraction of sp³-hybridized carbons (Fsp3) is 0.778. The van der Waals surface area contributed by atoms with Gasteiger partial charge in [-0.05, 0) is 25.7 Å². The van der Waals surface area contributed by atoms with Gasteiger partial charge in [-0.2, -0.15) is 0 Å². The molecule has 0 radical (unpaired) electrons. The Bertz CT molecular complexity index is 564. The van der Waals surface area contributed by atoms with Crippen molar-refractivity contribution in [3.8, 4) is 0 Å². The van der Waals surface area contributed by atoms with Gasteiger partial charge in [0.25, 0.3) is 5.91 Å².